The average Bonchev–Trinajstić information content (AvgIpc) is 2.83. The molecule has 2 aliphatic rings. The molecule has 0 aliphatic carbocycles. The summed E-state index contributed by atoms with van der Waals surface area (Å²) in [6, 6.07) is 0.596. The lowest BCUT2D eigenvalue weighted by atomic mass is 10.0. The molecule has 1 N–H and O–H groups in total. The van der Waals surface area contributed by atoms with Gasteiger partial charge in [0.15, 0.2) is 0 Å². The van der Waals surface area contributed by atoms with Crippen molar-refractivity contribution >= 4 is 5.91 Å². The number of carbonyl (C=O) groups excluding carboxylic acids is 1. The molecule has 2 fully saturated rings. The Labute approximate surface area is 97.3 Å². The molecule has 1 amide bonds. The molecule has 0 aromatic carbocycles. The Balaban J connectivity index is 1.77. The van der Waals surface area contributed by atoms with Crippen LogP contribution in [-0.4, -0.2) is 49.2 Å². The van der Waals surface area contributed by atoms with Crippen molar-refractivity contribution in [3.8, 4) is 0 Å². The zero-order valence-electron chi connectivity index (χ0n) is 10.1. The van der Waals surface area contributed by atoms with E-state index in [4.69, 9.17) is 4.74 Å². The number of piperidine rings is 1. The minimum atomic E-state index is -0.143. The Morgan fingerprint density at radius 3 is 2.69 bits per heavy atom. The number of rotatable bonds is 3. The number of nitrogens with one attached hydrogen (secondary N) is 1. The van der Waals surface area contributed by atoms with Crippen LogP contribution in [-0.2, 0) is 9.53 Å². The van der Waals surface area contributed by atoms with Crippen molar-refractivity contribution < 1.29 is 9.53 Å². The van der Waals surface area contributed by atoms with Crippen molar-refractivity contribution in [2.45, 2.75) is 44.8 Å². The highest BCUT2D eigenvalue weighted by atomic mass is 16.5. The second-order valence-electron chi connectivity index (χ2n) is 4.66. The van der Waals surface area contributed by atoms with Crippen LogP contribution in [0.4, 0.5) is 0 Å². The smallest absolute Gasteiger partial charge is 0.251 e. The van der Waals surface area contributed by atoms with E-state index < -0.39 is 0 Å². The van der Waals surface area contributed by atoms with Gasteiger partial charge in [0, 0.05) is 25.7 Å². The van der Waals surface area contributed by atoms with E-state index in [9.17, 15) is 4.79 Å². The average molecular weight is 226 g/mol. The van der Waals surface area contributed by atoms with E-state index in [1.165, 1.54) is 0 Å². The lowest BCUT2D eigenvalue weighted by molar-refractivity contribution is -0.142. The first-order chi connectivity index (χ1) is 7.81. The first-order valence-corrected chi connectivity index (χ1v) is 6.45. The maximum absolute atomic E-state index is 12.0. The number of ether oxygens (including phenoxy) is 1. The van der Waals surface area contributed by atoms with E-state index in [0.29, 0.717) is 6.04 Å². The van der Waals surface area contributed by atoms with E-state index in [1.807, 2.05) is 4.90 Å². The molecule has 0 aromatic heterocycles. The van der Waals surface area contributed by atoms with Crippen LogP contribution in [0.25, 0.3) is 0 Å². The van der Waals surface area contributed by atoms with Crippen molar-refractivity contribution in [1.29, 1.82) is 0 Å². The van der Waals surface area contributed by atoms with Gasteiger partial charge in [-0.15, -0.1) is 0 Å². The Kier molecular flexibility index (Phi) is 4.18. The summed E-state index contributed by atoms with van der Waals surface area (Å²) in [5, 5.41) is 3.44. The zero-order chi connectivity index (χ0) is 11.4. The fraction of sp³-hybridized carbons (Fsp3) is 0.917. The Morgan fingerprint density at radius 1 is 1.38 bits per heavy atom. The predicted molar refractivity (Wildman–Crippen MR) is 62.3 cm³/mol. The molecule has 16 heavy (non-hydrogen) atoms. The molecule has 0 saturated carbocycles. The van der Waals surface area contributed by atoms with Gasteiger partial charge in [0.1, 0.15) is 6.10 Å². The Hall–Kier alpha value is -0.610. The van der Waals surface area contributed by atoms with Gasteiger partial charge in [-0.2, -0.15) is 0 Å². The van der Waals surface area contributed by atoms with Gasteiger partial charge in [-0.25, -0.2) is 0 Å². The van der Waals surface area contributed by atoms with Crippen LogP contribution in [0.2, 0.25) is 0 Å². The number of nitrogens with zero attached hydrogens (tertiary/aromatic N) is 1. The van der Waals surface area contributed by atoms with E-state index >= 15 is 0 Å². The first-order valence-electron chi connectivity index (χ1n) is 6.45. The SMILES string of the molecule is CCNC1CCN(C(=O)C2CCCO2)CC1. The lowest BCUT2D eigenvalue weighted by Gasteiger charge is -2.33. The monoisotopic (exact) mass is 226 g/mol. The van der Waals surface area contributed by atoms with Gasteiger partial charge in [-0.1, -0.05) is 6.92 Å². The van der Waals surface area contributed by atoms with Crippen LogP contribution in [0.15, 0.2) is 0 Å². The summed E-state index contributed by atoms with van der Waals surface area (Å²) in [4.78, 5) is 14.0. The normalized spacial score (nSPS) is 27.3. The lowest BCUT2D eigenvalue weighted by Crippen LogP contribution is -2.47. The third-order valence-electron chi connectivity index (χ3n) is 3.50. The van der Waals surface area contributed by atoms with Gasteiger partial charge in [0.05, 0.1) is 0 Å². The molecule has 0 bridgehead atoms. The summed E-state index contributed by atoms with van der Waals surface area (Å²) in [7, 11) is 0. The molecule has 1 atom stereocenters. The number of amides is 1. The second-order valence-corrected chi connectivity index (χ2v) is 4.66. The third kappa shape index (κ3) is 2.74. The molecule has 92 valence electrons. The van der Waals surface area contributed by atoms with E-state index in [2.05, 4.69) is 12.2 Å². The molecular formula is C12H22N2O2. The number of hydrogen-bond donors (Lipinski definition) is 1. The quantitative estimate of drug-likeness (QED) is 0.772. The van der Waals surface area contributed by atoms with Crippen molar-refractivity contribution in [3.05, 3.63) is 0 Å². The van der Waals surface area contributed by atoms with Gasteiger partial charge in [-0.05, 0) is 32.2 Å². The fourth-order valence-corrected chi connectivity index (χ4v) is 2.57. The van der Waals surface area contributed by atoms with Crippen LogP contribution >= 0.6 is 0 Å². The predicted octanol–water partition coefficient (Wildman–Crippen LogP) is 0.766. The molecular weight excluding hydrogens is 204 g/mol. The maximum Gasteiger partial charge on any atom is 0.251 e. The summed E-state index contributed by atoms with van der Waals surface area (Å²) in [5.41, 5.74) is 0. The summed E-state index contributed by atoms with van der Waals surface area (Å²) >= 11 is 0. The van der Waals surface area contributed by atoms with Gasteiger partial charge in [0.25, 0.3) is 5.91 Å². The van der Waals surface area contributed by atoms with Crippen molar-refractivity contribution in [1.82, 2.24) is 10.2 Å². The zero-order valence-corrected chi connectivity index (χ0v) is 10.1. The standard InChI is InChI=1S/C12H22N2O2/c1-2-13-10-5-7-14(8-6-10)12(15)11-4-3-9-16-11/h10-11,13H,2-9H2,1H3. The second kappa shape index (κ2) is 5.64. The highest BCUT2D eigenvalue weighted by Gasteiger charge is 2.30. The van der Waals surface area contributed by atoms with Gasteiger partial charge in [0.2, 0.25) is 0 Å². The van der Waals surface area contributed by atoms with Crippen molar-refractivity contribution in [3.63, 3.8) is 0 Å². The molecule has 2 aliphatic heterocycles. The fourth-order valence-electron chi connectivity index (χ4n) is 2.57. The topological polar surface area (TPSA) is 41.6 Å². The van der Waals surface area contributed by atoms with Crippen LogP contribution in [0.1, 0.15) is 32.6 Å². The van der Waals surface area contributed by atoms with E-state index in [1.54, 1.807) is 0 Å². The van der Waals surface area contributed by atoms with Gasteiger partial charge < -0.3 is 15.0 Å². The van der Waals surface area contributed by atoms with Crippen molar-refractivity contribution in [2.75, 3.05) is 26.2 Å². The summed E-state index contributed by atoms with van der Waals surface area (Å²) in [6.45, 7) is 5.67. The summed E-state index contributed by atoms with van der Waals surface area (Å²) < 4.78 is 5.44. The third-order valence-corrected chi connectivity index (χ3v) is 3.50. The van der Waals surface area contributed by atoms with Crippen LogP contribution < -0.4 is 5.32 Å². The van der Waals surface area contributed by atoms with Gasteiger partial charge >= 0.3 is 0 Å². The van der Waals surface area contributed by atoms with Crippen molar-refractivity contribution in [2.24, 2.45) is 0 Å². The number of carbonyl (C=O) groups is 1. The Morgan fingerprint density at radius 2 is 2.12 bits per heavy atom. The van der Waals surface area contributed by atoms with E-state index in [0.717, 1.165) is 51.9 Å². The molecule has 1 unspecified atom stereocenters. The molecule has 2 saturated heterocycles. The maximum atomic E-state index is 12.0. The Bertz CT molecular complexity index is 231. The van der Waals surface area contributed by atoms with Crippen LogP contribution in [0.3, 0.4) is 0 Å². The molecule has 0 spiro atoms. The highest BCUT2D eigenvalue weighted by molar-refractivity contribution is 5.81. The largest absolute Gasteiger partial charge is 0.368 e. The minimum absolute atomic E-state index is 0.143. The summed E-state index contributed by atoms with van der Waals surface area (Å²) in [6.07, 6.45) is 3.95. The summed E-state index contributed by atoms with van der Waals surface area (Å²) in [5.74, 6) is 0.215. The molecule has 4 heteroatoms. The first kappa shape index (κ1) is 11.9. The van der Waals surface area contributed by atoms with Crippen LogP contribution in [0, 0.1) is 0 Å². The number of hydrogen-bond acceptors (Lipinski definition) is 3. The van der Waals surface area contributed by atoms with Gasteiger partial charge in [-0.3, -0.25) is 4.79 Å². The number of likely N-dealkylation sites (tertiary alicyclic amines) is 1. The van der Waals surface area contributed by atoms with Crippen LogP contribution in [0.5, 0.6) is 0 Å². The molecule has 0 radical (unpaired) electrons. The highest BCUT2D eigenvalue weighted by Crippen LogP contribution is 2.18. The molecule has 2 heterocycles. The molecule has 0 aromatic rings. The molecule has 2 rings (SSSR count). The van der Waals surface area contributed by atoms with E-state index in [-0.39, 0.29) is 12.0 Å². The molecule has 4 nitrogen and oxygen atoms in total. The minimum Gasteiger partial charge on any atom is -0.368 e.